The molecule has 1 aliphatic rings. The van der Waals surface area contributed by atoms with Crippen molar-refractivity contribution in [1.82, 2.24) is 4.72 Å². The molecule has 1 N–H and O–H groups in total. The lowest BCUT2D eigenvalue weighted by Gasteiger charge is -2.10. The third-order valence-corrected chi connectivity index (χ3v) is 4.56. The Labute approximate surface area is 106 Å². The molecule has 1 saturated carbocycles. The molecule has 1 amide bonds. The van der Waals surface area contributed by atoms with E-state index in [9.17, 15) is 13.2 Å². The zero-order valence-corrected chi connectivity index (χ0v) is 11.1. The van der Waals surface area contributed by atoms with E-state index in [1.807, 2.05) is 19.0 Å². The van der Waals surface area contributed by atoms with Crippen LogP contribution < -0.4 is 14.2 Å². The van der Waals surface area contributed by atoms with Gasteiger partial charge in [-0.2, -0.15) is 17.8 Å². The minimum Gasteiger partial charge on any atom is -0.377 e. The summed E-state index contributed by atoms with van der Waals surface area (Å²) in [6.45, 7) is 0. The molecule has 0 spiro atoms. The van der Waals surface area contributed by atoms with E-state index in [1.54, 1.807) is 12.1 Å². The van der Waals surface area contributed by atoms with Crippen molar-refractivity contribution in [3.05, 3.63) is 24.5 Å². The van der Waals surface area contributed by atoms with E-state index < -0.39 is 21.3 Å². The van der Waals surface area contributed by atoms with Crippen molar-refractivity contribution in [1.29, 1.82) is 0 Å². The predicted octanol–water partition coefficient (Wildman–Crippen LogP) is 0.0900. The number of aromatic nitrogens is 1. The van der Waals surface area contributed by atoms with Crippen LogP contribution in [-0.2, 0) is 10.0 Å². The standard InChI is InChI=1S/C11H15N3O3S/c1-13(2)9-5-7-14(8-6-9)11(15)12-18(16,17)10-3-4-10/h5-8,10H,3-4H2,1-2H3/p+1. The molecule has 0 atom stereocenters. The zero-order valence-electron chi connectivity index (χ0n) is 10.3. The average molecular weight is 270 g/mol. The molecule has 1 aromatic rings. The van der Waals surface area contributed by atoms with E-state index >= 15 is 0 Å². The summed E-state index contributed by atoms with van der Waals surface area (Å²) in [5.74, 6) is 0. The van der Waals surface area contributed by atoms with Gasteiger partial charge in [0.1, 0.15) is 12.4 Å². The molecule has 1 aliphatic carbocycles. The van der Waals surface area contributed by atoms with E-state index in [-0.39, 0.29) is 0 Å². The van der Waals surface area contributed by atoms with Gasteiger partial charge in [-0.15, -0.1) is 4.72 Å². The van der Waals surface area contributed by atoms with Gasteiger partial charge in [0.05, 0.1) is 5.25 Å². The third kappa shape index (κ3) is 2.79. The molecule has 0 bridgehead atoms. The second-order valence-corrected chi connectivity index (χ2v) is 6.47. The summed E-state index contributed by atoms with van der Waals surface area (Å²) in [6.07, 6.45) is 4.33. The van der Waals surface area contributed by atoms with E-state index in [2.05, 4.69) is 4.72 Å². The summed E-state index contributed by atoms with van der Waals surface area (Å²) in [4.78, 5) is 13.6. The first kappa shape index (κ1) is 12.8. The number of hydrogen-bond donors (Lipinski definition) is 1. The molecule has 1 aromatic heterocycles. The highest BCUT2D eigenvalue weighted by atomic mass is 32.2. The van der Waals surface area contributed by atoms with Crippen molar-refractivity contribution < 1.29 is 17.8 Å². The fourth-order valence-electron chi connectivity index (χ4n) is 1.49. The molecule has 0 saturated heterocycles. The van der Waals surface area contributed by atoms with Crippen LogP contribution in [0.4, 0.5) is 10.5 Å². The summed E-state index contributed by atoms with van der Waals surface area (Å²) in [6, 6.07) is 2.83. The van der Waals surface area contributed by atoms with Crippen molar-refractivity contribution in [2.24, 2.45) is 0 Å². The van der Waals surface area contributed by atoms with Gasteiger partial charge >= 0.3 is 16.1 Å². The average Bonchev–Trinajstić information content (AvgIpc) is 3.12. The monoisotopic (exact) mass is 270 g/mol. The lowest BCUT2D eigenvalue weighted by molar-refractivity contribution is -0.570. The van der Waals surface area contributed by atoms with Gasteiger partial charge in [0.25, 0.3) is 0 Å². The van der Waals surface area contributed by atoms with Crippen LogP contribution in [-0.4, -0.2) is 33.8 Å². The smallest absolute Gasteiger partial charge is 0.377 e. The molecular weight excluding hydrogens is 254 g/mol. The van der Waals surface area contributed by atoms with Gasteiger partial charge in [-0.05, 0) is 12.8 Å². The number of carbonyl (C=O) groups excluding carboxylic acids is 1. The molecule has 0 aromatic carbocycles. The normalized spacial score (nSPS) is 15.2. The molecular formula is C11H16N3O3S+. The van der Waals surface area contributed by atoms with Gasteiger partial charge in [0.15, 0.2) is 0 Å². The maximum atomic E-state index is 11.7. The maximum Gasteiger partial charge on any atom is 0.511 e. The van der Waals surface area contributed by atoms with Crippen molar-refractivity contribution in [2.45, 2.75) is 18.1 Å². The van der Waals surface area contributed by atoms with Crippen LogP contribution in [0.25, 0.3) is 0 Å². The minimum absolute atomic E-state index is 0.400. The Bertz CT molecular complexity index is 547. The summed E-state index contributed by atoms with van der Waals surface area (Å²) in [7, 11) is 0.281. The molecule has 1 heterocycles. The highest BCUT2D eigenvalue weighted by Crippen LogP contribution is 2.27. The summed E-state index contributed by atoms with van der Waals surface area (Å²) >= 11 is 0. The first-order valence-corrected chi connectivity index (χ1v) is 7.19. The molecule has 1 fully saturated rings. The molecule has 0 radical (unpaired) electrons. The topological polar surface area (TPSA) is 70.4 Å². The quantitative estimate of drug-likeness (QED) is 0.790. The second kappa shape index (κ2) is 4.56. The number of nitrogens with zero attached hydrogens (tertiary/aromatic N) is 2. The van der Waals surface area contributed by atoms with Gasteiger partial charge in [-0.25, -0.2) is 0 Å². The molecule has 2 rings (SSSR count). The van der Waals surface area contributed by atoms with Gasteiger partial charge in [-0.3, -0.25) is 0 Å². The first-order chi connectivity index (χ1) is 8.40. The van der Waals surface area contributed by atoms with Crippen LogP contribution in [0.2, 0.25) is 0 Å². The number of pyridine rings is 1. The van der Waals surface area contributed by atoms with E-state index in [0.29, 0.717) is 12.8 Å². The third-order valence-electron chi connectivity index (χ3n) is 2.76. The Morgan fingerprint density at radius 2 is 1.89 bits per heavy atom. The number of carbonyl (C=O) groups is 1. The Balaban J connectivity index is 2.09. The van der Waals surface area contributed by atoms with Crippen LogP contribution in [0.1, 0.15) is 12.8 Å². The van der Waals surface area contributed by atoms with Crippen LogP contribution in [0.5, 0.6) is 0 Å². The van der Waals surface area contributed by atoms with Gasteiger partial charge in [-0.1, -0.05) is 0 Å². The molecule has 0 unspecified atom stereocenters. The SMILES string of the molecule is CN(C)c1cc[n+](C(=O)NS(=O)(=O)C2CC2)cc1. The highest BCUT2D eigenvalue weighted by Gasteiger charge is 2.41. The number of hydrogen-bond acceptors (Lipinski definition) is 4. The van der Waals surface area contributed by atoms with E-state index in [0.717, 1.165) is 5.69 Å². The lowest BCUT2D eigenvalue weighted by Crippen LogP contribution is -2.52. The van der Waals surface area contributed by atoms with Crippen LogP contribution in [0.3, 0.4) is 0 Å². The van der Waals surface area contributed by atoms with Gasteiger partial charge in [0, 0.05) is 31.9 Å². The number of amides is 1. The Morgan fingerprint density at radius 1 is 1.33 bits per heavy atom. The molecule has 7 heteroatoms. The van der Waals surface area contributed by atoms with Crippen molar-refractivity contribution in [3.63, 3.8) is 0 Å². The van der Waals surface area contributed by atoms with Crippen molar-refractivity contribution in [2.75, 3.05) is 19.0 Å². The number of anilines is 1. The van der Waals surface area contributed by atoms with Crippen LogP contribution in [0.15, 0.2) is 24.5 Å². The van der Waals surface area contributed by atoms with E-state index in [4.69, 9.17) is 0 Å². The summed E-state index contributed by atoms with van der Waals surface area (Å²) < 4.78 is 26.5. The predicted molar refractivity (Wildman–Crippen MR) is 66.8 cm³/mol. The molecule has 6 nitrogen and oxygen atoms in total. The van der Waals surface area contributed by atoms with Gasteiger partial charge in [0.2, 0.25) is 0 Å². The largest absolute Gasteiger partial charge is 0.511 e. The van der Waals surface area contributed by atoms with Gasteiger partial charge < -0.3 is 4.90 Å². The van der Waals surface area contributed by atoms with E-state index in [1.165, 1.54) is 17.0 Å². The second-order valence-electron chi connectivity index (χ2n) is 4.51. The summed E-state index contributed by atoms with van der Waals surface area (Å²) in [5, 5.41) is -0.400. The first-order valence-electron chi connectivity index (χ1n) is 5.65. The number of sulfonamides is 1. The maximum absolute atomic E-state index is 11.7. The van der Waals surface area contributed by atoms with Crippen LogP contribution in [0, 0.1) is 0 Å². The zero-order chi connectivity index (χ0) is 13.3. The Morgan fingerprint density at radius 3 is 2.33 bits per heavy atom. The summed E-state index contributed by atoms with van der Waals surface area (Å²) in [5.41, 5.74) is 0.934. The highest BCUT2D eigenvalue weighted by molar-refractivity contribution is 7.90. The fraction of sp³-hybridized carbons (Fsp3) is 0.455. The Hall–Kier alpha value is -1.63. The number of rotatable bonds is 3. The minimum atomic E-state index is -3.49. The molecule has 18 heavy (non-hydrogen) atoms. The van der Waals surface area contributed by atoms with Crippen molar-refractivity contribution in [3.8, 4) is 0 Å². The fourth-order valence-corrected chi connectivity index (χ4v) is 2.76. The van der Waals surface area contributed by atoms with Crippen molar-refractivity contribution >= 4 is 21.7 Å². The molecule has 0 aliphatic heterocycles. The Kier molecular flexibility index (Phi) is 3.25. The van der Waals surface area contributed by atoms with Crippen LogP contribution >= 0.6 is 0 Å². The molecule has 98 valence electrons. The number of nitrogens with one attached hydrogen (secondary N) is 1. The lowest BCUT2D eigenvalue weighted by atomic mass is 10.4.